The predicted molar refractivity (Wildman–Crippen MR) is 120 cm³/mol. The molecule has 0 spiro atoms. The molecule has 3 amide bonds. The number of anilines is 2. The average molecular weight is 434 g/mol. The lowest BCUT2D eigenvalue weighted by Gasteiger charge is -2.23. The topological polar surface area (TPSA) is 127 Å². The minimum atomic E-state index is -1.21. The van der Waals surface area contributed by atoms with E-state index >= 15 is 0 Å². The Labute approximate surface area is 184 Å². The molecule has 9 heteroatoms. The van der Waals surface area contributed by atoms with Crippen molar-refractivity contribution in [3.63, 3.8) is 0 Å². The van der Waals surface area contributed by atoms with Gasteiger partial charge in [-0.05, 0) is 42.3 Å². The summed E-state index contributed by atoms with van der Waals surface area (Å²) < 4.78 is 13.7. The molecule has 164 valence electrons. The molecule has 1 fully saturated rings. The molecule has 1 aromatic heterocycles. The summed E-state index contributed by atoms with van der Waals surface area (Å²) in [5, 5.41) is 15.5. The van der Waals surface area contributed by atoms with E-state index in [0.29, 0.717) is 11.4 Å². The number of para-hydroxylation sites is 1. The molecule has 3 unspecified atom stereocenters. The minimum Gasteiger partial charge on any atom is -0.361 e. The van der Waals surface area contributed by atoms with Crippen molar-refractivity contribution in [1.82, 2.24) is 9.88 Å². The first-order chi connectivity index (χ1) is 15.4. The second-order valence-corrected chi connectivity index (χ2v) is 7.80. The van der Waals surface area contributed by atoms with Gasteiger partial charge in [-0.15, -0.1) is 0 Å². The summed E-state index contributed by atoms with van der Waals surface area (Å²) in [4.78, 5) is 29.4. The third-order valence-corrected chi connectivity index (χ3v) is 5.50. The number of carbonyl (C=O) groups excluding carboxylic acids is 2. The first kappa shape index (κ1) is 21.3. The van der Waals surface area contributed by atoms with E-state index in [1.54, 1.807) is 30.5 Å². The van der Waals surface area contributed by atoms with Crippen molar-refractivity contribution in [1.29, 1.82) is 5.26 Å². The van der Waals surface area contributed by atoms with E-state index < -0.39 is 24.2 Å². The van der Waals surface area contributed by atoms with Gasteiger partial charge < -0.3 is 26.3 Å². The summed E-state index contributed by atoms with van der Waals surface area (Å²) in [7, 11) is 0. The minimum absolute atomic E-state index is 0.0160. The standard InChI is InChI=1S/C23H23FN6O2/c24-15-9-18(11-25)30(13-15)22(31)20(26)8-14-12-27-21-7-6-17(10-19(14)21)29-23(32)28-16-4-2-1-3-5-16/h1-7,10,12,15,18,20,27H,8-9,13,26H2,(H2,28,29,32). The summed E-state index contributed by atoms with van der Waals surface area (Å²) in [5.41, 5.74) is 9.00. The quantitative estimate of drug-likeness (QED) is 0.492. The van der Waals surface area contributed by atoms with E-state index in [1.165, 1.54) is 4.90 Å². The molecule has 1 aliphatic heterocycles. The van der Waals surface area contributed by atoms with Crippen LogP contribution in [0, 0.1) is 11.3 Å². The van der Waals surface area contributed by atoms with Crippen LogP contribution in [0.2, 0.25) is 0 Å². The Hall–Kier alpha value is -3.90. The fourth-order valence-electron chi connectivity index (χ4n) is 3.93. The molecule has 5 N–H and O–H groups in total. The lowest BCUT2D eigenvalue weighted by Crippen LogP contribution is -2.46. The molecule has 2 heterocycles. The van der Waals surface area contributed by atoms with Crippen LogP contribution < -0.4 is 16.4 Å². The van der Waals surface area contributed by atoms with E-state index in [0.717, 1.165) is 16.5 Å². The summed E-state index contributed by atoms with van der Waals surface area (Å²) in [5.74, 6) is -0.442. The number of nitrogens with zero attached hydrogens (tertiary/aromatic N) is 2. The van der Waals surface area contributed by atoms with E-state index in [9.17, 15) is 19.2 Å². The number of H-pyrrole nitrogens is 1. The van der Waals surface area contributed by atoms with E-state index in [1.807, 2.05) is 30.3 Å². The van der Waals surface area contributed by atoms with Crippen LogP contribution in [0.4, 0.5) is 20.6 Å². The number of halogens is 1. The number of aromatic nitrogens is 1. The fourth-order valence-corrected chi connectivity index (χ4v) is 3.93. The highest BCUT2D eigenvalue weighted by Gasteiger charge is 2.37. The number of urea groups is 1. The number of hydrogen-bond donors (Lipinski definition) is 4. The number of fused-ring (bicyclic) bond motifs is 1. The number of carbonyl (C=O) groups is 2. The van der Waals surface area contributed by atoms with Gasteiger partial charge in [0.05, 0.1) is 18.7 Å². The van der Waals surface area contributed by atoms with Crippen molar-refractivity contribution in [2.75, 3.05) is 17.2 Å². The molecule has 0 saturated carbocycles. The predicted octanol–water partition coefficient (Wildman–Crippen LogP) is 3.14. The van der Waals surface area contributed by atoms with Gasteiger partial charge in [-0.1, -0.05) is 18.2 Å². The number of benzene rings is 2. The van der Waals surface area contributed by atoms with Crippen LogP contribution in [0.1, 0.15) is 12.0 Å². The van der Waals surface area contributed by atoms with Gasteiger partial charge in [-0.3, -0.25) is 4.79 Å². The van der Waals surface area contributed by atoms with Gasteiger partial charge >= 0.3 is 6.03 Å². The van der Waals surface area contributed by atoms with Crippen LogP contribution in [0.15, 0.2) is 54.7 Å². The van der Waals surface area contributed by atoms with Crippen LogP contribution in [-0.2, 0) is 11.2 Å². The van der Waals surface area contributed by atoms with E-state index in [4.69, 9.17) is 5.73 Å². The first-order valence-electron chi connectivity index (χ1n) is 10.3. The zero-order chi connectivity index (χ0) is 22.7. The van der Waals surface area contributed by atoms with Crippen molar-refractivity contribution in [2.24, 2.45) is 5.73 Å². The van der Waals surface area contributed by atoms with Crippen molar-refractivity contribution in [2.45, 2.75) is 31.1 Å². The van der Waals surface area contributed by atoms with Crippen LogP contribution in [0.25, 0.3) is 10.9 Å². The summed E-state index contributed by atoms with van der Waals surface area (Å²) in [6.45, 7) is -0.108. The maximum atomic E-state index is 13.7. The third kappa shape index (κ3) is 4.55. The van der Waals surface area contributed by atoms with E-state index in [-0.39, 0.29) is 25.4 Å². The Morgan fingerprint density at radius 3 is 2.72 bits per heavy atom. The Bertz CT molecular complexity index is 1170. The summed E-state index contributed by atoms with van der Waals surface area (Å²) >= 11 is 0. The molecule has 3 atom stereocenters. The molecule has 0 radical (unpaired) electrons. The maximum Gasteiger partial charge on any atom is 0.323 e. The third-order valence-electron chi connectivity index (χ3n) is 5.50. The number of rotatable bonds is 5. The maximum absolute atomic E-state index is 13.7. The van der Waals surface area contributed by atoms with Gasteiger partial charge in [0.15, 0.2) is 0 Å². The lowest BCUT2D eigenvalue weighted by molar-refractivity contribution is -0.132. The smallest absolute Gasteiger partial charge is 0.323 e. The van der Waals surface area contributed by atoms with Crippen LogP contribution in [0.3, 0.4) is 0 Å². The number of likely N-dealkylation sites (tertiary alicyclic amines) is 1. The van der Waals surface area contributed by atoms with Crippen molar-refractivity contribution >= 4 is 34.2 Å². The number of nitriles is 1. The normalized spacial score (nSPS) is 18.8. The number of hydrogen-bond acceptors (Lipinski definition) is 4. The molecule has 3 aromatic rings. The number of nitrogens with one attached hydrogen (secondary N) is 3. The molecular weight excluding hydrogens is 411 g/mol. The van der Waals surface area contributed by atoms with Gasteiger partial charge in [0.2, 0.25) is 5.91 Å². The zero-order valence-electron chi connectivity index (χ0n) is 17.2. The van der Waals surface area contributed by atoms with Crippen molar-refractivity contribution in [3.05, 3.63) is 60.3 Å². The van der Waals surface area contributed by atoms with Crippen LogP contribution in [-0.4, -0.2) is 46.6 Å². The molecular formula is C23H23FN6O2. The zero-order valence-corrected chi connectivity index (χ0v) is 17.2. The Morgan fingerprint density at radius 1 is 1.22 bits per heavy atom. The number of alkyl halides is 1. The summed E-state index contributed by atoms with van der Waals surface area (Å²) in [6.07, 6.45) is 0.779. The van der Waals surface area contributed by atoms with Gasteiger partial charge in [-0.2, -0.15) is 5.26 Å². The Morgan fingerprint density at radius 2 is 1.97 bits per heavy atom. The summed E-state index contributed by atoms with van der Waals surface area (Å²) in [6, 6.07) is 14.4. The number of aromatic amines is 1. The van der Waals surface area contributed by atoms with Crippen molar-refractivity contribution < 1.29 is 14.0 Å². The first-order valence-corrected chi connectivity index (χ1v) is 10.3. The van der Waals surface area contributed by atoms with E-state index in [2.05, 4.69) is 15.6 Å². The second kappa shape index (κ2) is 9.08. The SMILES string of the molecule is N#CC1CC(F)CN1C(=O)C(N)Cc1c[nH]c2ccc(NC(=O)Nc3ccccc3)cc12. The molecule has 1 aliphatic rings. The molecule has 4 rings (SSSR count). The number of amides is 3. The van der Waals surface area contributed by atoms with Crippen LogP contribution >= 0.6 is 0 Å². The molecule has 32 heavy (non-hydrogen) atoms. The second-order valence-electron chi connectivity index (χ2n) is 7.80. The van der Waals surface area contributed by atoms with Gasteiger partial charge in [0, 0.05) is 34.9 Å². The van der Waals surface area contributed by atoms with Gasteiger partial charge in [0.25, 0.3) is 0 Å². The lowest BCUT2D eigenvalue weighted by atomic mass is 10.0. The monoisotopic (exact) mass is 434 g/mol. The highest BCUT2D eigenvalue weighted by Crippen LogP contribution is 2.25. The highest BCUT2D eigenvalue weighted by molar-refractivity contribution is 6.01. The van der Waals surface area contributed by atoms with Gasteiger partial charge in [-0.25, -0.2) is 9.18 Å². The molecule has 1 saturated heterocycles. The van der Waals surface area contributed by atoms with Crippen LogP contribution in [0.5, 0.6) is 0 Å². The average Bonchev–Trinajstić information content (AvgIpc) is 3.36. The molecule has 0 aliphatic carbocycles. The number of nitrogens with two attached hydrogens (primary N) is 1. The highest BCUT2D eigenvalue weighted by atomic mass is 19.1. The molecule has 2 aromatic carbocycles. The van der Waals surface area contributed by atoms with Gasteiger partial charge in [0.1, 0.15) is 12.2 Å². The molecule has 0 bridgehead atoms. The Kier molecular flexibility index (Phi) is 6.05. The largest absolute Gasteiger partial charge is 0.361 e. The molecule has 8 nitrogen and oxygen atoms in total. The fraction of sp³-hybridized carbons (Fsp3) is 0.261. The Balaban J connectivity index is 1.46. The van der Waals surface area contributed by atoms with Crippen molar-refractivity contribution in [3.8, 4) is 6.07 Å².